The summed E-state index contributed by atoms with van der Waals surface area (Å²) in [6, 6.07) is 4.86. The monoisotopic (exact) mass is 189 g/mol. The average molecular weight is 189 g/mol. The van der Waals surface area contributed by atoms with Gasteiger partial charge >= 0.3 is 0 Å². The number of aromatic amines is 1. The second kappa shape index (κ2) is 2.95. The van der Waals surface area contributed by atoms with Gasteiger partial charge in [0.25, 0.3) is 5.91 Å². The van der Waals surface area contributed by atoms with Crippen molar-refractivity contribution in [3.05, 3.63) is 29.5 Å². The molecule has 0 fully saturated rings. The number of nitrogens with two attached hydrogens (primary N) is 1. The third kappa shape index (κ3) is 1.15. The van der Waals surface area contributed by atoms with Crippen LogP contribution >= 0.6 is 0 Å². The molecule has 3 N–H and O–H groups in total. The summed E-state index contributed by atoms with van der Waals surface area (Å²) in [4.78, 5) is 21.4. The molecule has 0 saturated carbocycles. The minimum Gasteiger partial charge on any atom is -0.364 e. The molecule has 0 bridgehead atoms. The number of benzene rings is 1. The number of hydrogen-bond acceptors (Lipinski definition) is 3. The molecule has 0 aliphatic heterocycles. The average Bonchev–Trinajstić information content (AvgIpc) is 2.59. The predicted octanol–water partition coefficient (Wildman–Crippen LogP) is 0.474. The molecule has 0 saturated heterocycles. The van der Waals surface area contributed by atoms with Gasteiger partial charge in [0.1, 0.15) is 6.29 Å². The van der Waals surface area contributed by atoms with Crippen LogP contribution in [0.1, 0.15) is 20.8 Å². The smallest absolute Gasteiger partial charge is 0.269 e. The lowest BCUT2D eigenvalue weighted by Gasteiger charge is -1.91. The number of hydrogen-bond donors (Lipinski definition) is 2. The molecule has 2 rings (SSSR count). The van der Waals surface area contributed by atoms with Gasteiger partial charge in [0.05, 0.1) is 5.52 Å². The largest absolute Gasteiger partial charge is 0.364 e. The Morgan fingerprint density at radius 3 is 2.93 bits per heavy atom. The van der Waals surface area contributed by atoms with Crippen LogP contribution in [-0.4, -0.2) is 22.4 Å². The van der Waals surface area contributed by atoms with Gasteiger partial charge in [0.15, 0.2) is 5.69 Å². The molecule has 5 heteroatoms. The standard InChI is InChI=1S/C9H7N3O2/c10-9(14)8-6-2-1-5(4-13)3-7(6)11-12-8/h1-4H,(H2,10,14)(H,11,12). The van der Waals surface area contributed by atoms with E-state index >= 15 is 0 Å². The van der Waals surface area contributed by atoms with Crippen LogP contribution in [-0.2, 0) is 0 Å². The van der Waals surface area contributed by atoms with Crippen molar-refractivity contribution in [1.29, 1.82) is 0 Å². The quantitative estimate of drug-likeness (QED) is 0.673. The Kier molecular flexibility index (Phi) is 1.78. The van der Waals surface area contributed by atoms with Crippen molar-refractivity contribution in [2.45, 2.75) is 0 Å². The number of primary amides is 1. The molecule has 1 heterocycles. The van der Waals surface area contributed by atoms with Gasteiger partial charge in [-0.25, -0.2) is 0 Å². The molecule has 0 atom stereocenters. The Hall–Kier alpha value is -2.17. The van der Waals surface area contributed by atoms with Gasteiger partial charge in [-0.2, -0.15) is 5.10 Å². The number of nitrogens with one attached hydrogen (secondary N) is 1. The summed E-state index contributed by atoms with van der Waals surface area (Å²) in [6.45, 7) is 0. The van der Waals surface area contributed by atoms with E-state index in [4.69, 9.17) is 5.73 Å². The van der Waals surface area contributed by atoms with Crippen LogP contribution in [0.3, 0.4) is 0 Å². The first kappa shape index (κ1) is 8.43. The number of nitrogens with zero attached hydrogens (tertiary/aromatic N) is 1. The van der Waals surface area contributed by atoms with Crippen LogP contribution in [0, 0.1) is 0 Å². The van der Waals surface area contributed by atoms with Crippen LogP contribution in [0.2, 0.25) is 0 Å². The first-order chi connectivity index (χ1) is 6.72. The SMILES string of the molecule is NC(=O)c1n[nH]c2cc(C=O)ccc12. The summed E-state index contributed by atoms with van der Waals surface area (Å²) < 4.78 is 0. The molecule has 0 aliphatic carbocycles. The Morgan fingerprint density at radius 1 is 1.50 bits per heavy atom. The third-order valence-corrected chi connectivity index (χ3v) is 1.96. The van der Waals surface area contributed by atoms with Crippen molar-refractivity contribution >= 4 is 23.1 Å². The second-order valence-electron chi connectivity index (χ2n) is 2.86. The Labute approximate surface area is 78.9 Å². The lowest BCUT2D eigenvalue weighted by atomic mass is 10.1. The van der Waals surface area contributed by atoms with Gasteiger partial charge in [-0.15, -0.1) is 0 Å². The van der Waals surface area contributed by atoms with E-state index in [1.165, 1.54) is 0 Å². The molecule has 70 valence electrons. The minimum atomic E-state index is -0.588. The topological polar surface area (TPSA) is 88.8 Å². The molecule has 14 heavy (non-hydrogen) atoms. The van der Waals surface area contributed by atoms with Crippen molar-refractivity contribution in [2.75, 3.05) is 0 Å². The Morgan fingerprint density at radius 2 is 2.29 bits per heavy atom. The number of aromatic nitrogens is 2. The van der Waals surface area contributed by atoms with Crippen molar-refractivity contribution in [2.24, 2.45) is 5.73 Å². The predicted molar refractivity (Wildman–Crippen MR) is 50.0 cm³/mol. The van der Waals surface area contributed by atoms with E-state index in [2.05, 4.69) is 10.2 Å². The minimum absolute atomic E-state index is 0.192. The van der Waals surface area contributed by atoms with Crippen LogP contribution in [0.4, 0.5) is 0 Å². The van der Waals surface area contributed by atoms with Crippen molar-refractivity contribution in [3.63, 3.8) is 0 Å². The number of fused-ring (bicyclic) bond motifs is 1. The lowest BCUT2D eigenvalue weighted by Crippen LogP contribution is -2.11. The highest BCUT2D eigenvalue weighted by molar-refractivity contribution is 6.04. The molecular weight excluding hydrogens is 182 g/mol. The zero-order chi connectivity index (χ0) is 10.1. The molecule has 2 aromatic rings. The van der Waals surface area contributed by atoms with Gasteiger partial charge < -0.3 is 5.73 Å². The Balaban J connectivity index is 2.71. The molecule has 1 amide bonds. The van der Waals surface area contributed by atoms with Gasteiger partial charge in [-0.3, -0.25) is 14.7 Å². The maximum atomic E-state index is 10.9. The maximum Gasteiger partial charge on any atom is 0.269 e. The maximum absolute atomic E-state index is 10.9. The van der Waals surface area contributed by atoms with Gasteiger partial charge in [-0.1, -0.05) is 6.07 Å². The number of amides is 1. The van der Waals surface area contributed by atoms with E-state index in [0.717, 1.165) is 6.29 Å². The van der Waals surface area contributed by atoms with E-state index < -0.39 is 5.91 Å². The number of carbonyl (C=O) groups is 2. The number of aldehydes is 1. The molecule has 1 aromatic carbocycles. The molecular formula is C9H7N3O2. The van der Waals surface area contributed by atoms with E-state index in [0.29, 0.717) is 16.5 Å². The molecule has 0 radical (unpaired) electrons. The van der Waals surface area contributed by atoms with Crippen LogP contribution in [0.25, 0.3) is 10.9 Å². The van der Waals surface area contributed by atoms with E-state index in [1.54, 1.807) is 18.2 Å². The molecule has 5 nitrogen and oxygen atoms in total. The highest BCUT2D eigenvalue weighted by Crippen LogP contribution is 2.16. The van der Waals surface area contributed by atoms with Crippen molar-refractivity contribution in [1.82, 2.24) is 10.2 Å². The number of carbonyl (C=O) groups excluding carboxylic acids is 2. The summed E-state index contributed by atoms with van der Waals surface area (Å²) in [5.41, 5.74) is 6.45. The molecule has 0 unspecified atom stereocenters. The van der Waals surface area contributed by atoms with E-state index in [-0.39, 0.29) is 5.69 Å². The zero-order valence-corrected chi connectivity index (χ0v) is 7.15. The van der Waals surface area contributed by atoms with Crippen LogP contribution in [0.5, 0.6) is 0 Å². The van der Waals surface area contributed by atoms with Gasteiger partial charge in [0.2, 0.25) is 0 Å². The molecule has 0 spiro atoms. The lowest BCUT2D eigenvalue weighted by molar-refractivity contribution is 0.0996. The van der Waals surface area contributed by atoms with Crippen LogP contribution in [0.15, 0.2) is 18.2 Å². The fraction of sp³-hybridized carbons (Fsp3) is 0. The number of H-pyrrole nitrogens is 1. The fourth-order valence-electron chi connectivity index (χ4n) is 1.30. The second-order valence-corrected chi connectivity index (χ2v) is 2.86. The summed E-state index contributed by atoms with van der Waals surface area (Å²) >= 11 is 0. The fourth-order valence-corrected chi connectivity index (χ4v) is 1.30. The Bertz CT molecular complexity index is 516. The first-order valence-corrected chi connectivity index (χ1v) is 3.95. The highest BCUT2D eigenvalue weighted by Gasteiger charge is 2.10. The van der Waals surface area contributed by atoms with Crippen LogP contribution < -0.4 is 5.73 Å². The zero-order valence-electron chi connectivity index (χ0n) is 7.15. The highest BCUT2D eigenvalue weighted by atomic mass is 16.1. The van der Waals surface area contributed by atoms with Crippen molar-refractivity contribution < 1.29 is 9.59 Å². The van der Waals surface area contributed by atoms with Gasteiger partial charge in [0, 0.05) is 10.9 Å². The van der Waals surface area contributed by atoms with E-state index in [1.807, 2.05) is 0 Å². The first-order valence-electron chi connectivity index (χ1n) is 3.95. The summed E-state index contributed by atoms with van der Waals surface area (Å²) in [5, 5.41) is 7.02. The molecule has 0 aliphatic rings. The summed E-state index contributed by atoms with van der Waals surface area (Å²) in [5.74, 6) is -0.588. The normalized spacial score (nSPS) is 10.3. The summed E-state index contributed by atoms with van der Waals surface area (Å²) in [6.07, 6.45) is 0.726. The summed E-state index contributed by atoms with van der Waals surface area (Å²) in [7, 11) is 0. The van der Waals surface area contributed by atoms with E-state index in [9.17, 15) is 9.59 Å². The van der Waals surface area contributed by atoms with Gasteiger partial charge in [-0.05, 0) is 12.1 Å². The number of rotatable bonds is 2. The van der Waals surface area contributed by atoms with Crippen molar-refractivity contribution in [3.8, 4) is 0 Å². The third-order valence-electron chi connectivity index (χ3n) is 1.96. The molecule has 1 aromatic heterocycles.